The monoisotopic (exact) mass is 522 g/mol. The number of ether oxygens (including phenoxy) is 4. The van der Waals surface area contributed by atoms with Gasteiger partial charge in [0.25, 0.3) is 5.72 Å². The SMILES string of the molecule is C[C@@]12OC(=O)CCC(=O)ON1CCN(Cc1cc(Cl)ccc1OCC1CC1)C21OC(=O)CCC(=O)O1. The first-order valence-electron chi connectivity index (χ1n) is 12.0. The zero-order chi connectivity index (χ0) is 25.5. The zero-order valence-corrected chi connectivity index (χ0v) is 20.6. The van der Waals surface area contributed by atoms with Gasteiger partial charge < -0.3 is 23.8 Å². The molecule has 1 aromatic carbocycles. The highest BCUT2D eigenvalue weighted by molar-refractivity contribution is 6.30. The Labute approximate surface area is 212 Å². The van der Waals surface area contributed by atoms with E-state index < -0.39 is 35.5 Å². The summed E-state index contributed by atoms with van der Waals surface area (Å²) in [6, 6.07) is 5.19. The van der Waals surface area contributed by atoms with Crippen molar-refractivity contribution in [1.29, 1.82) is 0 Å². The Bertz CT molecular complexity index is 1070. The molecule has 4 fully saturated rings. The van der Waals surface area contributed by atoms with E-state index in [1.165, 1.54) is 6.92 Å². The zero-order valence-electron chi connectivity index (χ0n) is 19.8. The van der Waals surface area contributed by atoms with Gasteiger partial charge in [0.1, 0.15) is 5.75 Å². The fourth-order valence-corrected chi connectivity index (χ4v) is 4.76. The van der Waals surface area contributed by atoms with Crippen LogP contribution in [0.2, 0.25) is 5.02 Å². The molecule has 3 saturated heterocycles. The Kier molecular flexibility index (Phi) is 6.56. The van der Waals surface area contributed by atoms with Crippen LogP contribution >= 0.6 is 11.6 Å². The number of benzene rings is 1. The molecule has 0 amide bonds. The third-order valence-corrected chi connectivity index (χ3v) is 6.94. The molecular formula is C24H27ClN2O9. The molecule has 0 unspecified atom stereocenters. The number of carbonyl (C=O) groups is 4. The van der Waals surface area contributed by atoms with Gasteiger partial charge in [0, 0.05) is 30.6 Å². The van der Waals surface area contributed by atoms with Crippen LogP contribution in [0, 0.1) is 5.92 Å². The van der Waals surface area contributed by atoms with E-state index in [-0.39, 0.29) is 45.3 Å². The predicted octanol–water partition coefficient (Wildman–Crippen LogP) is 2.29. The number of esters is 3. The molecule has 1 spiro atoms. The summed E-state index contributed by atoms with van der Waals surface area (Å²) in [4.78, 5) is 57.4. The molecule has 0 bridgehead atoms. The largest absolute Gasteiger partial charge is 0.493 e. The number of rotatable bonds is 5. The fraction of sp³-hybridized carbons (Fsp3) is 0.583. The standard InChI is InChI=1S/C24H27ClN2O9/c1-23-24(34-20(29)6-7-21(30)35-24)26(10-11-27(23)36-22(31)9-8-19(28)33-23)13-16-12-17(25)4-5-18(16)32-14-15-2-3-15/h4-5,12,15H,2-3,6-11,13-14H2,1H3/t23-/m0/s1. The molecule has 3 aliphatic heterocycles. The minimum Gasteiger partial charge on any atom is -0.493 e. The molecule has 11 nitrogen and oxygen atoms in total. The maximum atomic E-state index is 12.7. The first-order valence-corrected chi connectivity index (χ1v) is 12.4. The van der Waals surface area contributed by atoms with Crippen LogP contribution in [-0.4, -0.2) is 65.2 Å². The third kappa shape index (κ3) is 4.74. The van der Waals surface area contributed by atoms with Gasteiger partial charge in [-0.1, -0.05) is 16.7 Å². The van der Waals surface area contributed by atoms with Crippen LogP contribution < -0.4 is 4.74 Å². The van der Waals surface area contributed by atoms with E-state index in [1.54, 1.807) is 23.1 Å². The highest BCUT2D eigenvalue weighted by atomic mass is 35.5. The maximum Gasteiger partial charge on any atom is 0.380 e. The molecule has 1 saturated carbocycles. The second kappa shape index (κ2) is 9.53. The van der Waals surface area contributed by atoms with Crippen LogP contribution in [0.3, 0.4) is 0 Å². The van der Waals surface area contributed by atoms with Crippen LogP contribution in [0.4, 0.5) is 0 Å². The lowest BCUT2D eigenvalue weighted by atomic mass is 10.0. The quantitative estimate of drug-likeness (QED) is 0.529. The van der Waals surface area contributed by atoms with Gasteiger partial charge in [-0.05, 0) is 37.0 Å². The summed E-state index contributed by atoms with van der Waals surface area (Å²) in [6.07, 6.45) is 1.38. The van der Waals surface area contributed by atoms with E-state index in [1.807, 2.05) is 0 Å². The van der Waals surface area contributed by atoms with Crippen molar-refractivity contribution in [3.8, 4) is 5.75 Å². The average Bonchev–Trinajstić information content (AvgIpc) is 3.66. The number of hydrogen-bond donors (Lipinski definition) is 0. The molecule has 0 aromatic heterocycles. The van der Waals surface area contributed by atoms with Gasteiger partial charge in [-0.2, -0.15) is 0 Å². The van der Waals surface area contributed by atoms with E-state index in [2.05, 4.69) is 0 Å². The first-order chi connectivity index (χ1) is 17.2. The van der Waals surface area contributed by atoms with Gasteiger partial charge in [-0.15, -0.1) is 0 Å². The molecule has 1 aromatic rings. The molecule has 5 rings (SSSR count). The third-order valence-electron chi connectivity index (χ3n) is 6.70. The summed E-state index contributed by atoms with van der Waals surface area (Å²) >= 11 is 6.29. The first kappa shape index (κ1) is 24.8. The summed E-state index contributed by atoms with van der Waals surface area (Å²) in [6.45, 7) is 2.21. The second-order valence-corrected chi connectivity index (χ2v) is 9.92. The Balaban J connectivity index is 1.56. The summed E-state index contributed by atoms with van der Waals surface area (Å²) in [7, 11) is 0. The Hall–Kier alpha value is -2.89. The van der Waals surface area contributed by atoms with E-state index in [4.69, 9.17) is 35.4 Å². The van der Waals surface area contributed by atoms with E-state index >= 15 is 0 Å². The van der Waals surface area contributed by atoms with Crippen LogP contribution in [0.5, 0.6) is 5.75 Å². The molecule has 194 valence electrons. The van der Waals surface area contributed by atoms with E-state index in [0.717, 1.165) is 17.9 Å². The van der Waals surface area contributed by atoms with Crippen LogP contribution in [0.15, 0.2) is 18.2 Å². The second-order valence-electron chi connectivity index (χ2n) is 9.48. The van der Waals surface area contributed by atoms with Crippen molar-refractivity contribution >= 4 is 35.5 Å². The number of halogens is 1. The molecule has 4 aliphatic rings. The highest BCUT2D eigenvalue weighted by Gasteiger charge is 2.70. The molecule has 0 radical (unpaired) electrons. The van der Waals surface area contributed by atoms with Gasteiger partial charge in [0.2, 0.25) is 0 Å². The predicted molar refractivity (Wildman–Crippen MR) is 121 cm³/mol. The molecule has 1 atom stereocenters. The van der Waals surface area contributed by atoms with Crippen LogP contribution in [-0.2, 0) is 44.8 Å². The lowest BCUT2D eigenvalue weighted by Crippen LogP contribution is -2.78. The van der Waals surface area contributed by atoms with Crippen molar-refractivity contribution in [3.05, 3.63) is 28.8 Å². The Morgan fingerprint density at radius 1 is 0.944 bits per heavy atom. The lowest BCUT2D eigenvalue weighted by Gasteiger charge is -2.55. The molecule has 1 aliphatic carbocycles. The van der Waals surface area contributed by atoms with Crippen LogP contribution in [0.25, 0.3) is 0 Å². The smallest absolute Gasteiger partial charge is 0.380 e. The van der Waals surface area contributed by atoms with Gasteiger partial charge in [0.15, 0.2) is 0 Å². The van der Waals surface area contributed by atoms with Crippen molar-refractivity contribution in [2.45, 2.75) is 63.6 Å². The van der Waals surface area contributed by atoms with Gasteiger partial charge in [0.05, 0.1) is 38.8 Å². The van der Waals surface area contributed by atoms with Gasteiger partial charge >= 0.3 is 29.8 Å². The van der Waals surface area contributed by atoms with Crippen molar-refractivity contribution in [2.75, 3.05) is 19.7 Å². The summed E-state index contributed by atoms with van der Waals surface area (Å²) in [5.41, 5.74) is -1.33. The highest BCUT2D eigenvalue weighted by Crippen LogP contribution is 2.45. The molecule has 0 N–H and O–H groups in total. The minimum absolute atomic E-state index is 0.0655. The maximum absolute atomic E-state index is 12.7. The molecule has 36 heavy (non-hydrogen) atoms. The van der Waals surface area contributed by atoms with E-state index in [9.17, 15) is 19.2 Å². The lowest BCUT2D eigenvalue weighted by molar-refractivity contribution is -0.441. The van der Waals surface area contributed by atoms with Crippen molar-refractivity contribution in [1.82, 2.24) is 9.96 Å². The van der Waals surface area contributed by atoms with Crippen molar-refractivity contribution in [2.24, 2.45) is 5.92 Å². The molecule has 3 heterocycles. The van der Waals surface area contributed by atoms with Crippen molar-refractivity contribution < 1.29 is 43.0 Å². The Morgan fingerprint density at radius 3 is 2.25 bits per heavy atom. The van der Waals surface area contributed by atoms with E-state index in [0.29, 0.717) is 28.9 Å². The fourth-order valence-electron chi connectivity index (χ4n) is 4.56. The number of carbonyl (C=O) groups excluding carboxylic acids is 4. The summed E-state index contributed by atoms with van der Waals surface area (Å²) < 4.78 is 23.3. The molecule has 12 heteroatoms. The van der Waals surface area contributed by atoms with Crippen molar-refractivity contribution in [3.63, 3.8) is 0 Å². The minimum atomic E-state index is -2.24. The number of hydrogen-bond acceptors (Lipinski definition) is 11. The average molecular weight is 523 g/mol. The molecular weight excluding hydrogens is 496 g/mol. The Morgan fingerprint density at radius 2 is 1.58 bits per heavy atom. The number of fused-ring (bicyclic) bond motifs is 2. The summed E-state index contributed by atoms with van der Waals surface area (Å²) in [5, 5.41) is 1.57. The summed E-state index contributed by atoms with van der Waals surface area (Å²) in [5.74, 6) is -3.98. The van der Waals surface area contributed by atoms with Gasteiger partial charge in [-0.3, -0.25) is 19.2 Å². The number of hydroxylamine groups is 2. The number of piperazine rings is 1. The van der Waals surface area contributed by atoms with Gasteiger partial charge in [-0.25, -0.2) is 4.90 Å². The number of nitrogens with zero attached hydrogens (tertiary/aromatic N) is 2. The normalized spacial score (nSPS) is 27.1. The topological polar surface area (TPSA) is 121 Å². The van der Waals surface area contributed by atoms with Crippen LogP contribution in [0.1, 0.15) is 51.0 Å².